The van der Waals surface area contributed by atoms with Crippen molar-refractivity contribution in [1.29, 1.82) is 0 Å². The van der Waals surface area contributed by atoms with Gasteiger partial charge in [-0.2, -0.15) is 0 Å². The molecule has 2 aliphatic heterocycles. The Morgan fingerprint density at radius 1 is 0.966 bits per heavy atom. The number of anilines is 1. The molecule has 0 radical (unpaired) electrons. The Balaban J connectivity index is 1.20. The van der Waals surface area contributed by atoms with Crippen molar-refractivity contribution < 1.29 is 19.4 Å². The van der Waals surface area contributed by atoms with Crippen molar-refractivity contribution in [3.8, 4) is 5.75 Å². The van der Waals surface area contributed by atoms with Gasteiger partial charge in [0.25, 0.3) is 11.8 Å². The van der Waals surface area contributed by atoms with E-state index in [2.05, 4.69) is 5.32 Å². The number of benzene rings is 2. The predicted octanol–water partition coefficient (Wildman–Crippen LogP) is 2.00. The lowest BCUT2D eigenvalue weighted by Crippen LogP contribution is -2.53. The highest BCUT2D eigenvalue weighted by Gasteiger charge is 2.50. The zero-order valence-corrected chi connectivity index (χ0v) is 16.0. The molecule has 2 aromatic carbocycles. The second-order valence-electron chi connectivity index (χ2n) is 7.88. The predicted molar refractivity (Wildman–Crippen MR) is 107 cm³/mol. The van der Waals surface area contributed by atoms with E-state index < -0.39 is 5.60 Å². The van der Waals surface area contributed by atoms with Crippen LogP contribution < -0.4 is 10.1 Å². The minimum atomic E-state index is -1.14. The van der Waals surface area contributed by atoms with E-state index in [0.717, 1.165) is 17.0 Å². The first-order chi connectivity index (χ1) is 14.0. The van der Waals surface area contributed by atoms with Gasteiger partial charge in [-0.3, -0.25) is 9.59 Å². The molecule has 0 spiro atoms. The Bertz CT molecular complexity index is 922. The smallest absolute Gasteiger partial charge is 0.254 e. The van der Waals surface area contributed by atoms with Crippen molar-refractivity contribution in [2.24, 2.45) is 0 Å². The second kappa shape index (κ2) is 6.77. The summed E-state index contributed by atoms with van der Waals surface area (Å²) in [7, 11) is 0. The van der Waals surface area contributed by atoms with Crippen molar-refractivity contribution in [1.82, 2.24) is 9.80 Å². The lowest BCUT2D eigenvalue weighted by atomic mass is 10.1. The standard InChI is InChI=1S/C22H23N3O4/c26-20(24-11-13-25(14-12-24)21(27)22(28)9-10-22)16-7-5-15(6-8-16)19-23-17-3-1-2-4-18(17)29-19/h1-8,19,23,28H,9-14H2. The number of para-hydroxylation sites is 2. The van der Waals surface area contributed by atoms with Crippen LogP contribution in [0.3, 0.4) is 0 Å². The van der Waals surface area contributed by atoms with Crippen LogP contribution in [0.15, 0.2) is 48.5 Å². The van der Waals surface area contributed by atoms with Gasteiger partial charge in [0.15, 0.2) is 6.23 Å². The highest BCUT2D eigenvalue weighted by molar-refractivity contribution is 5.94. The Hall–Kier alpha value is -3.06. The van der Waals surface area contributed by atoms with Crippen LogP contribution in [0.2, 0.25) is 0 Å². The van der Waals surface area contributed by atoms with Crippen molar-refractivity contribution in [2.75, 3.05) is 31.5 Å². The van der Waals surface area contributed by atoms with Gasteiger partial charge in [-0.25, -0.2) is 0 Å². The zero-order valence-electron chi connectivity index (χ0n) is 16.0. The quantitative estimate of drug-likeness (QED) is 0.834. The van der Waals surface area contributed by atoms with Crippen LogP contribution in [-0.4, -0.2) is 58.5 Å². The summed E-state index contributed by atoms with van der Waals surface area (Å²) in [5.41, 5.74) is 1.38. The fraction of sp³-hybridized carbons (Fsp3) is 0.364. The molecule has 1 unspecified atom stereocenters. The maximum absolute atomic E-state index is 12.8. The molecular weight excluding hydrogens is 370 g/mol. The van der Waals surface area contributed by atoms with Crippen molar-refractivity contribution in [2.45, 2.75) is 24.7 Å². The van der Waals surface area contributed by atoms with E-state index >= 15 is 0 Å². The molecule has 5 rings (SSSR count). The van der Waals surface area contributed by atoms with E-state index in [4.69, 9.17) is 4.74 Å². The van der Waals surface area contributed by atoms with Crippen LogP contribution >= 0.6 is 0 Å². The molecule has 7 heteroatoms. The van der Waals surface area contributed by atoms with Gasteiger partial charge in [0.1, 0.15) is 11.4 Å². The van der Waals surface area contributed by atoms with Gasteiger partial charge >= 0.3 is 0 Å². The first kappa shape index (κ1) is 18.0. The Morgan fingerprint density at radius 3 is 2.28 bits per heavy atom. The van der Waals surface area contributed by atoms with Gasteiger partial charge in [-0.05, 0) is 37.1 Å². The van der Waals surface area contributed by atoms with Crippen molar-refractivity contribution in [3.05, 3.63) is 59.7 Å². The molecule has 7 nitrogen and oxygen atoms in total. The Labute approximate surface area is 168 Å². The van der Waals surface area contributed by atoms with E-state index in [1.807, 2.05) is 48.5 Å². The lowest BCUT2D eigenvalue weighted by molar-refractivity contribution is -0.143. The summed E-state index contributed by atoms with van der Waals surface area (Å²) in [4.78, 5) is 28.5. The number of nitrogens with zero attached hydrogens (tertiary/aromatic N) is 2. The summed E-state index contributed by atoms with van der Waals surface area (Å²) in [6, 6.07) is 15.2. The van der Waals surface area contributed by atoms with Gasteiger partial charge in [0.05, 0.1) is 5.69 Å². The van der Waals surface area contributed by atoms with Crippen LogP contribution in [0.25, 0.3) is 0 Å². The van der Waals surface area contributed by atoms with Gasteiger partial charge in [-0.15, -0.1) is 0 Å². The molecule has 0 aromatic heterocycles. The second-order valence-corrected chi connectivity index (χ2v) is 7.88. The third-order valence-corrected chi connectivity index (χ3v) is 5.85. The number of nitrogens with one attached hydrogen (secondary N) is 1. The number of ether oxygens (including phenoxy) is 1. The third kappa shape index (κ3) is 3.31. The molecule has 1 saturated carbocycles. The molecule has 1 saturated heterocycles. The molecule has 3 aliphatic rings. The maximum Gasteiger partial charge on any atom is 0.254 e. The number of piperazine rings is 1. The number of fused-ring (bicyclic) bond motifs is 1. The molecule has 0 bridgehead atoms. The van der Waals surface area contributed by atoms with E-state index in [1.165, 1.54) is 0 Å². The Kier molecular flexibility index (Phi) is 4.20. The summed E-state index contributed by atoms with van der Waals surface area (Å²) in [5.74, 6) is 0.581. The molecule has 2 aromatic rings. The molecule has 2 amide bonds. The van der Waals surface area contributed by atoms with Gasteiger partial charge < -0.3 is 25.0 Å². The summed E-state index contributed by atoms with van der Waals surface area (Å²) in [6.45, 7) is 1.88. The maximum atomic E-state index is 12.8. The summed E-state index contributed by atoms with van der Waals surface area (Å²) in [5, 5.41) is 13.3. The van der Waals surface area contributed by atoms with Crippen LogP contribution in [-0.2, 0) is 4.79 Å². The minimum Gasteiger partial charge on any atom is -0.464 e. The number of hydrogen-bond donors (Lipinski definition) is 2. The molecule has 1 aliphatic carbocycles. The van der Waals surface area contributed by atoms with E-state index in [1.54, 1.807) is 9.80 Å². The molecular formula is C22H23N3O4. The van der Waals surface area contributed by atoms with E-state index in [-0.39, 0.29) is 18.0 Å². The monoisotopic (exact) mass is 393 g/mol. The van der Waals surface area contributed by atoms with E-state index in [9.17, 15) is 14.7 Å². The third-order valence-electron chi connectivity index (χ3n) is 5.85. The number of carbonyl (C=O) groups is 2. The van der Waals surface area contributed by atoms with Gasteiger partial charge in [-0.1, -0.05) is 24.3 Å². The molecule has 150 valence electrons. The highest BCUT2D eigenvalue weighted by atomic mass is 16.5. The van der Waals surface area contributed by atoms with Crippen molar-refractivity contribution >= 4 is 17.5 Å². The number of hydrogen-bond acceptors (Lipinski definition) is 5. The molecule has 29 heavy (non-hydrogen) atoms. The molecule has 1 atom stereocenters. The summed E-state index contributed by atoms with van der Waals surface area (Å²) >= 11 is 0. The summed E-state index contributed by atoms with van der Waals surface area (Å²) in [6.07, 6.45) is 0.823. The number of aliphatic hydroxyl groups is 1. The Morgan fingerprint density at radius 2 is 1.62 bits per heavy atom. The molecule has 2 N–H and O–H groups in total. The van der Waals surface area contributed by atoms with Crippen LogP contribution in [0.4, 0.5) is 5.69 Å². The average Bonchev–Trinajstić information content (AvgIpc) is 3.37. The van der Waals surface area contributed by atoms with Crippen molar-refractivity contribution in [3.63, 3.8) is 0 Å². The number of carbonyl (C=O) groups excluding carboxylic acids is 2. The van der Waals surface area contributed by atoms with Crippen LogP contribution in [0.5, 0.6) is 5.75 Å². The zero-order chi connectivity index (χ0) is 20.0. The fourth-order valence-electron chi connectivity index (χ4n) is 3.86. The SMILES string of the molecule is O=C(c1ccc(C2Nc3ccccc3O2)cc1)N1CCN(C(=O)C2(O)CC2)CC1. The lowest BCUT2D eigenvalue weighted by Gasteiger charge is -2.35. The normalized spacial score (nSPS) is 21.8. The number of amides is 2. The van der Waals surface area contributed by atoms with E-state index in [0.29, 0.717) is 44.6 Å². The minimum absolute atomic E-state index is 0.0441. The van der Waals surface area contributed by atoms with Crippen LogP contribution in [0.1, 0.15) is 35.0 Å². The van der Waals surface area contributed by atoms with Gasteiger partial charge in [0.2, 0.25) is 0 Å². The largest absolute Gasteiger partial charge is 0.464 e. The molecule has 2 fully saturated rings. The van der Waals surface area contributed by atoms with Crippen LogP contribution in [0, 0.1) is 0 Å². The average molecular weight is 393 g/mol. The highest BCUT2D eigenvalue weighted by Crippen LogP contribution is 2.38. The molecule has 2 heterocycles. The first-order valence-electron chi connectivity index (χ1n) is 9.97. The fourth-order valence-corrected chi connectivity index (χ4v) is 3.86. The first-order valence-corrected chi connectivity index (χ1v) is 9.97. The van der Waals surface area contributed by atoms with Gasteiger partial charge in [0, 0.05) is 37.3 Å². The number of rotatable bonds is 3. The summed E-state index contributed by atoms with van der Waals surface area (Å²) < 4.78 is 5.91. The topological polar surface area (TPSA) is 82.1 Å².